The molecule has 0 amide bonds. The first-order chi connectivity index (χ1) is 6.24. The van der Waals surface area contributed by atoms with Crippen molar-refractivity contribution < 1.29 is 27.2 Å². The van der Waals surface area contributed by atoms with E-state index in [2.05, 4.69) is 15.5 Å². The van der Waals surface area contributed by atoms with Crippen molar-refractivity contribution in [1.29, 1.82) is 0 Å². The molecule has 0 aromatic carbocycles. The summed E-state index contributed by atoms with van der Waals surface area (Å²) in [5.74, 6) is -3.69. The van der Waals surface area contributed by atoms with E-state index in [0.29, 0.717) is 0 Å². The first-order valence-electron chi connectivity index (χ1n) is 3.72. The van der Waals surface area contributed by atoms with E-state index in [-0.39, 0.29) is 5.57 Å². The second kappa shape index (κ2) is 3.34. The average Bonchev–Trinajstić information content (AvgIpc) is 2.25. The Labute approximate surface area is 81.3 Å². The van der Waals surface area contributed by atoms with Crippen molar-refractivity contribution in [3.05, 3.63) is 12.2 Å². The Morgan fingerprint density at radius 2 is 2.21 bits per heavy atom. The van der Waals surface area contributed by atoms with Gasteiger partial charge in [0.2, 0.25) is 0 Å². The molecule has 1 rings (SSSR count). The molecule has 1 aliphatic heterocycles. The fourth-order valence-corrected chi connectivity index (χ4v) is 2.00. The predicted molar refractivity (Wildman–Crippen MR) is 45.6 cm³/mol. The molecule has 0 radical (unpaired) electrons. The number of carbonyl (C=O) groups excluding carboxylic acids is 1. The Morgan fingerprint density at radius 1 is 1.64 bits per heavy atom. The van der Waals surface area contributed by atoms with Crippen LogP contribution in [0.4, 0.5) is 0 Å². The maximum Gasteiger partial charge on any atom is 0.335 e. The van der Waals surface area contributed by atoms with Crippen LogP contribution in [-0.4, -0.2) is 37.6 Å². The summed E-state index contributed by atoms with van der Waals surface area (Å²) < 4.78 is 30.4. The minimum absolute atomic E-state index is 0.0720. The van der Waals surface area contributed by atoms with Crippen molar-refractivity contribution in [1.82, 2.24) is 0 Å². The van der Waals surface area contributed by atoms with Gasteiger partial charge in [0.15, 0.2) is 0 Å². The smallest absolute Gasteiger partial charge is 0.335 e. The third-order valence-electron chi connectivity index (χ3n) is 1.50. The molecule has 1 aliphatic rings. The van der Waals surface area contributed by atoms with Gasteiger partial charge in [-0.3, -0.25) is 4.18 Å². The number of rotatable bonds is 2. The Morgan fingerprint density at radius 3 is 2.57 bits per heavy atom. The van der Waals surface area contributed by atoms with Crippen LogP contribution in [0.1, 0.15) is 6.92 Å². The molecule has 1 heterocycles. The molecule has 0 aromatic rings. The lowest BCUT2D eigenvalue weighted by atomic mass is 10.3. The van der Waals surface area contributed by atoms with Gasteiger partial charge in [-0.05, 0) is 6.92 Å². The zero-order valence-electron chi connectivity index (χ0n) is 7.52. The lowest BCUT2D eigenvalue weighted by Crippen LogP contribution is -2.39. The van der Waals surface area contributed by atoms with E-state index in [4.69, 9.17) is 0 Å². The van der Waals surface area contributed by atoms with Crippen LogP contribution in [0.25, 0.3) is 0 Å². The molecule has 0 saturated carbocycles. The molecule has 1 fully saturated rings. The normalized spacial score (nSPS) is 29.9. The van der Waals surface area contributed by atoms with Crippen molar-refractivity contribution in [2.24, 2.45) is 0 Å². The van der Waals surface area contributed by atoms with E-state index in [9.17, 15) is 18.3 Å². The first kappa shape index (κ1) is 11.2. The summed E-state index contributed by atoms with van der Waals surface area (Å²) in [6.45, 7) is 4.10. The summed E-state index contributed by atoms with van der Waals surface area (Å²) in [7, 11) is -3.78. The summed E-state index contributed by atoms with van der Waals surface area (Å²) in [6, 6.07) is 0. The van der Waals surface area contributed by atoms with E-state index in [1.165, 1.54) is 6.92 Å². The molecular formula is C7H10O6S. The Kier molecular flexibility index (Phi) is 2.66. The molecule has 80 valence electrons. The minimum Gasteiger partial charge on any atom is -0.426 e. The standard InChI is InChI=1S/C7H10O6S/c1-5(2)6(8)13-7(9)3-12-14(10,11)4-7/h9H,1,3-4H2,2H3. The fourth-order valence-electron chi connectivity index (χ4n) is 0.860. The number of aliphatic hydroxyl groups is 1. The summed E-state index contributed by atoms with van der Waals surface area (Å²) in [5, 5.41) is 9.46. The molecule has 7 heteroatoms. The fraction of sp³-hybridized carbons (Fsp3) is 0.571. The predicted octanol–water partition coefficient (Wildman–Crippen LogP) is -0.846. The molecule has 0 aliphatic carbocycles. The molecule has 0 aromatic heterocycles. The van der Waals surface area contributed by atoms with E-state index in [1.807, 2.05) is 0 Å². The highest BCUT2D eigenvalue weighted by Crippen LogP contribution is 2.21. The maximum atomic E-state index is 11.0. The summed E-state index contributed by atoms with van der Waals surface area (Å²) in [4.78, 5) is 11.0. The van der Waals surface area contributed by atoms with E-state index in [1.54, 1.807) is 0 Å². The highest BCUT2D eigenvalue weighted by Gasteiger charge is 2.45. The van der Waals surface area contributed by atoms with Gasteiger partial charge in [0.25, 0.3) is 15.9 Å². The largest absolute Gasteiger partial charge is 0.426 e. The van der Waals surface area contributed by atoms with Crippen molar-refractivity contribution in [2.45, 2.75) is 12.7 Å². The van der Waals surface area contributed by atoms with Crippen LogP contribution in [0.2, 0.25) is 0 Å². The summed E-state index contributed by atoms with van der Waals surface area (Å²) >= 11 is 0. The van der Waals surface area contributed by atoms with Gasteiger partial charge in [-0.15, -0.1) is 0 Å². The number of esters is 1. The molecule has 14 heavy (non-hydrogen) atoms. The van der Waals surface area contributed by atoms with Crippen LogP contribution in [0.5, 0.6) is 0 Å². The number of carbonyl (C=O) groups is 1. The highest BCUT2D eigenvalue weighted by atomic mass is 32.2. The molecular weight excluding hydrogens is 212 g/mol. The Hall–Kier alpha value is -0.920. The summed E-state index contributed by atoms with van der Waals surface area (Å²) in [5.41, 5.74) is 0.0720. The van der Waals surface area contributed by atoms with Crippen LogP contribution in [-0.2, 0) is 23.8 Å². The van der Waals surface area contributed by atoms with Crippen LogP contribution in [0.3, 0.4) is 0 Å². The van der Waals surface area contributed by atoms with Gasteiger partial charge < -0.3 is 9.84 Å². The second-order valence-corrected chi connectivity index (χ2v) is 4.72. The van der Waals surface area contributed by atoms with Crippen molar-refractivity contribution in [3.8, 4) is 0 Å². The van der Waals surface area contributed by atoms with E-state index in [0.717, 1.165) is 0 Å². The maximum absolute atomic E-state index is 11.0. The summed E-state index contributed by atoms with van der Waals surface area (Å²) in [6.07, 6.45) is 0. The lowest BCUT2D eigenvalue weighted by molar-refractivity contribution is -0.198. The molecule has 6 nitrogen and oxygen atoms in total. The zero-order valence-corrected chi connectivity index (χ0v) is 8.33. The van der Waals surface area contributed by atoms with Gasteiger partial charge in [-0.1, -0.05) is 6.58 Å². The van der Waals surface area contributed by atoms with Crippen LogP contribution in [0.15, 0.2) is 12.2 Å². The molecule has 0 bridgehead atoms. The molecule has 1 atom stereocenters. The Bertz CT molecular complexity index is 370. The van der Waals surface area contributed by atoms with Crippen LogP contribution in [0, 0.1) is 0 Å². The minimum atomic E-state index is -3.78. The van der Waals surface area contributed by atoms with Gasteiger partial charge >= 0.3 is 5.97 Å². The highest BCUT2D eigenvalue weighted by molar-refractivity contribution is 7.87. The van der Waals surface area contributed by atoms with Crippen molar-refractivity contribution in [3.63, 3.8) is 0 Å². The SMILES string of the molecule is C=C(C)C(=O)OC1(O)COS(=O)(=O)C1. The van der Waals surface area contributed by atoms with Gasteiger partial charge in [0.05, 0.1) is 0 Å². The first-order valence-corrected chi connectivity index (χ1v) is 5.30. The van der Waals surface area contributed by atoms with Gasteiger partial charge in [0, 0.05) is 5.57 Å². The third kappa shape index (κ3) is 2.53. The topological polar surface area (TPSA) is 89.9 Å². The molecule has 1 unspecified atom stereocenters. The van der Waals surface area contributed by atoms with Crippen molar-refractivity contribution >= 4 is 16.1 Å². The monoisotopic (exact) mass is 222 g/mol. The van der Waals surface area contributed by atoms with E-state index >= 15 is 0 Å². The third-order valence-corrected chi connectivity index (χ3v) is 2.78. The van der Waals surface area contributed by atoms with Crippen LogP contribution >= 0.6 is 0 Å². The molecule has 1 N–H and O–H groups in total. The molecule has 0 spiro atoms. The lowest BCUT2D eigenvalue weighted by Gasteiger charge is -2.18. The number of ether oxygens (including phenoxy) is 1. The van der Waals surface area contributed by atoms with Gasteiger partial charge in [-0.2, -0.15) is 8.42 Å². The van der Waals surface area contributed by atoms with Gasteiger partial charge in [0.1, 0.15) is 12.4 Å². The van der Waals surface area contributed by atoms with Crippen LogP contribution < -0.4 is 0 Å². The Balaban J connectivity index is 2.71. The zero-order chi connectivity index (χ0) is 11.0. The van der Waals surface area contributed by atoms with Crippen molar-refractivity contribution in [2.75, 3.05) is 12.4 Å². The number of hydrogen-bond donors (Lipinski definition) is 1. The quantitative estimate of drug-likeness (QED) is 0.283. The second-order valence-electron chi connectivity index (χ2n) is 3.08. The molecule has 1 saturated heterocycles. The van der Waals surface area contributed by atoms with E-state index < -0.39 is 34.2 Å². The number of hydrogen-bond acceptors (Lipinski definition) is 6. The average molecular weight is 222 g/mol. The van der Waals surface area contributed by atoms with Gasteiger partial charge in [-0.25, -0.2) is 4.79 Å².